The van der Waals surface area contributed by atoms with Gasteiger partial charge in [-0.1, -0.05) is 23.5 Å². The summed E-state index contributed by atoms with van der Waals surface area (Å²) in [6.07, 6.45) is 2.28. The van der Waals surface area contributed by atoms with Gasteiger partial charge in [0.25, 0.3) is 5.91 Å². The number of anilines is 1. The van der Waals surface area contributed by atoms with Gasteiger partial charge in [-0.05, 0) is 25.0 Å². The molecule has 1 N–H and O–H groups in total. The predicted molar refractivity (Wildman–Crippen MR) is 72.4 cm³/mol. The van der Waals surface area contributed by atoms with E-state index in [1.54, 1.807) is 12.1 Å². The lowest BCUT2D eigenvalue weighted by Gasteiger charge is -2.05. The number of carbonyl (C=O) groups excluding carboxylic acids is 1. The van der Waals surface area contributed by atoms with Crippen molar-refractivity contribution in [2.45, 2.75) is 18.8 Å². The molecule has 1 aliphatic rings. The van der Waals surface area contributed by atoms with Crippen molar-refractivity contribution < 1.29 is 13.9 Å². The van der Waals surface area contributed by atoms with Crippen molar-refractivity contribution >= 4 is 22.4 Å². The molecule has 1 amide bonds. The number of nitrogens with one attached hydrogen (secondary N) is 1. The molecule has 1 aliphatic carbocycles. The van der Waals surface area contributed by atoms with Crippen LogP contribution < -0.4 is 10.1 Å². The highest BCUT2D eigenvalue weighted by atomic mass is 32.1. The summed E-state index contributed by atoms with van der Waals surface area (Å²) in [6.45, 7) is -0.265. The Kier molecular flexibility index (Phi) is 3.60. The van der Waals surface area contributed by atoms with Gasteiger partial charge in [-0.2, -0.15) is 0 Å². The fraction of sp³-hybridized carbons (Fsp3) is 0.308. The second-order valence-electron chi connectivity index (χ2n) is 4.49. The summed E-state index contributed by atoms with van der Waals surface area (Å²) in [5.41, 5.74) is 0. The number of para-hydroxylation sites is 1. The maximum atomic E-state index is 13.3. The molecule has 1 aromatic carbocycles. The first-order valence-corrected chi connectivity index (χ1v) is 7.04. The number of rotatable bonds is 5. The quantitative estimate of drug-likeness (QED) is 0.920. The standard InChI is InChI=1S/C13H12FN3O2S/c14-9-3-1-2-4-10(9)19-7-11(18)15-13-17-16-12(20-13)8-5-6-8/h1-4,8H,5-7H2,(H,15,17,18). The first-order chi connectivity index (χ1) is 9.72. The first kappa shape index (κ1) is 13.0. The van der Waals surface area contributed by atoms with Gasteiger partial charge in [0, 0.05) is 5.92 Å². The topological polar surface area (TPSA) is 64.1 Å². The zero-order chi connectivity index (χ0) is 13.9. The van der Waals surface area contributed by atoms with Gasteiger partial charge < -0.3 is 4.74 Å². The largest absolute Gasteiger partial charge is 0.481 e. The zero-order valence-electron chi connectivity index (χ0n) is 10.5. The predicted octanol–water partition coefficient (Wildman–Crippen LogP) is 2.57. The van der Waals surface area contributed by atoms with E-state index in [0.29, 0.717) is 11.0 Å². The van der Waals surface area contributed by atoms with E-state index in [-0.39, 0.29) is 18.3 Å². The van der Waals surface area contributed by atoms with E-state index in [4.69, 9.17) is 4.74 Å². The molecule has 0 unspecified atom stereocenters. The molecule has 0 atom stereocenters. The number of hydrogen-bond acceptors (Lipinski definition) is 5. The molecule has 20 heavy (non-hydrogen) atoms. The Hall–Kier alpha value is -2.02. The van der Waals surface area contributed by atoms with Crippen molar-refractivity contribution in [3.8, 4) is 5.75 Å². The fourth-order valence-electron chi connectivity index (χ4n) is 1.64. The van der Waals surface area contributed by atoms with Gasteiger partial charge in [-0.15, -0.1) is 10.2 Å². The number of hydrogen-bond donors (Lipinski definition) is 1. The third kappa shape index (κ3) is 3.11. The Balaban J connectivity index is 1.52. The minimum absolute atomic E-state index is 0.0542. The van der Waals surface area contributed by atoms with Crippen LogP contribution in [0.25, 0.3) is 0 Å². The van der Waals surface area contributed by atoms with Crippen LogP contribution in [0, 0.1) is 5.82 Å². The second kappa shape index (κ2) is 5.54. The molecule has 7 heteroatoms. The molecule has 0 saturated heterocycles. The van der Waals surface area contributed by atoms with Gasteiger partial charge in [0.2, 0.25) is 5.13 Å². The SMILES string of the molecule is O=C(COc1ccccc1F)Nc1nnc(C2CC2)s1. The van der Waals surface area contributed by atoms with Crippen molar-refractivity contribution in [3.05, 3.63) is 35.1 Å². The highest BCUT2D eigenvalue weighted by molar-refractivity contribution is 7.15. The number of carbonyl (C=O) groups is 1. The molecule has 104 valence electrons. The second-order valence-corrected chi connectivity index (χ2v) is 5.50. The van der Waals surface area contributed by atoms with Crippen LogP contribution in [-0.4, -0.2) is 22.7 Å². The van der Waals surface area contributed by atoms with Crippen molar-refractivity contribution in [1.29, 1.82) is 0 Å². The molecule has 1 fully saturated rings. The smallest absolute Gasteiger partial charge is 0.264 e. The van der Waals surface area contributed by atoms with Crippen LogP contribution in [0.3, 0.4) is 0 Å². The molecule has 1 saturated carbocycles. The molecule has 0 aliphatic heterocycles. The average Bonchev–Trinajstić information content (AvgIpc) is 3.19. The van der Waals surface area contributed by atoms with Crippen molar-refractivity contribution in [3.63, 3.8) is 0 Å². The van der Waals surface area contributed by atoms with Crippen LogP contribution in [0.5, 0.6) is 5.75 Å². The number of amides is 1. The minimum atomic E-state index is -0.493. The van der Waals surface area contributed by atoms with Gasteiger partial charge >= 0.3 is 0 Å². The Morgan fingerprint density at radius 1 is 1.40 bits per heavy atom. The molecule has 5 nitrogen and oxygen atoms in total. The highest BCUT2D eigenvalue weighted by Gasteiger charge is 2.27. The van der Waals surface area contributed by atoms with E-state index in [1.165, 1.54) is 23.5 Å². The van der Waals surface area contributed by atoms with Crippen LogP contribution in [0.4, 0.5) is 9.52 Å². The van der Waals surface area contributed by atoms with Crippen molar-refractivity contribution in [1.82, 2.24) is 10.2 Å². The summed E-state index contributed by atoms with van der Waals surface area (Å²) in [6, 6.07) is 5.95. The normalized spacial score (nSPS) is 14.1. The van der Waals surface area contributed by atoms with Crippen molar-refractivity contribution in [2.75, 3.05) is 11.9 Å². The maximum absolute atomic E-state index is 13.3. The molecule has 1 aromatic heterocycles. The Morgan fingerprint density at radius 3 is 2.95 bits per heavy atom. The number of halogens is 1. The van der Waals surface area contributed by atoms with E-state index in [9.17, 15) is 9.18 Å². The number of ether oxygens (including phenoxy) is 1. The van der Waals surface area contributed by atoms with Gasteiger partial charge in [-0.25, -0.2) is 4.39 Å². The van der Waals surface area contributed by atoms with Crippen LogP contribution >= 0.6 is 11.3 Å². The van der Waals surface area contributed by atoms with Gasteiger partial charge in [-0.3, -0.25) is 10.1 Å². The van der Waals surface area contributed by atoms with Crippen LogP contribution in [0.15, 0.2) is 24.3 Å². The Labute approximate surface area is 118 Å². The molecule has 0 bridgehead atoms. The third-order valence-electron chi connectivity index (χ3n) is 2.81. The van der Waals surface area contributed by atoms with E-state index in [1.807, 2.05) is 0 Å². The molecule has 0 radical (unpaired) electrons. The summed E-state index contributed by atoms with van der Waals surface area (Å²) in [4.78, 5) is 11.7. The minimum Gasteiger partial charge on any atom is -0.481 e. The lowest BCUT2D eigenvalue weighted by Crippen LogP contribution is -2.20. The first-order valence-electron chi connectivity index (χ1n) is 6.23. The average molecular weight is 293 g/mol. The van der Waals surface area contributed by atoms with E-state index in [0.717, 1.165) is 17.8 Å². The van der Waals surface area contributed by atoms with Crippen molar-refractivity contribution in [2.24, 2.45) is 0 Å². The molecule has 0 spiro atoms. The Morgan fingerprint density at radius 2 is 2.20 bits per heavy atom. The summed E-state index contributed by atoms with van der Waals surface area (Å²) < 4.78 is 18.4. The third-order valence-corrected chi connectivity index (χ3v) is 3.81. The molecular formula is C13H12FN3O2S. The summed E-state index contributed by atoms with van der Waals surface area (Å²) in [5.74, 6) is -0.314. The maximum Gasteiger partial charge on any atom is 0.264 e. The van der Waals surface area contributed by atoms with Gasteiger partial charge in [0.1, 0.15) is 5.01 Å². The van der Waals surface area contributed by atoms with Gasteiger partial charge in [0.05, 0.1) is 0 Å². The van der Waals surface area contributed by atoms with Crippen LogP contribution in [0.2, 0.25) is 0 Å². The lowest BCUT2D eigenvalue weighted by atomic mass is 10.3. The highest BCUT2D eigenvalue weighted by Crippen LogP contribution is 2.41. The Bertz CT molecular complexity index is 628. The fourth-order valence-corrected chi connectivity index (χ4v) is 2.57. The van der Waals surface area contributed by atoms with E-state index < -0.39 is 5.82 Å². The molecule has 2 aromatic rings. The summed E-state index contributed by atoms with van der Waals surface area (Å²) in [5, 5.41) is 11.9. The molecule has 3 rings (SSSR count). The number of aromatic nitrogens is 2. The summed E-state index contributed by atoms with van der Waals surface area (Å²) in [7, 11) is 0. The van der Waals surface area contributed by atoms with E-state index in [2.05, 4.69) is 15.5 Å². The monoisotopic (exact) mass is 293 g/mol. The molecular weight excluding hydrogens is 281 g/mol. The van der Waals surface area contributed by atoms with Crippen LogP contribution in [-0.2, 0) is 4.79 Å². The molecule has 1 heterocycles. The van der Waals surface area contributed by atoms with E-state index >= 15 is 0 Å². The summed E-state index contributed by atoms with van der Waals surface area (Å²) >= 11 is 1.37. The zero-order valence-corrected chi connectivity index (χ0v) is 11.3. The van der Waals surface area contributed by atoms with Gasteiger partial charge in [0.15, 0.2) is 18.2 Å². The number of nitrogens with zero attached hydrogens (tertiary/aromatic N) is 2. The number of benzene rings is 1. The lowest BCUT2D eigenvalue weighted by molar-refractivity contribution is -0.118. The van der Waals surface area contributed by atoms with Crippen LogP contribution in [0.1, 0.15) is 23.8 Å².